The van der Waals surface area contributed by atoms with E-state index >= 15 is 0 Å². The first kappa shape index (κ1) is 13.3. The van der Waals surface area contributed by atoms with Crippen LogP contribution in [0.4, 0.5) is 0 Å². The van der Waals surface area contributed by atoms with Gasteiger partial charge < -0.3 is 4.42 Å². The summed E-state index contributed by atoms with van der Waals surface area (Å²) in [5, 5.41) is 0. The zero-order valence-corrected chi connectivity index (χ0v) is 12.2. The first-order valence-corrected chi connectivity index (χ1v) is 7.08. The highest BCUT2D eigenvalue weighted by atomic mass is 16.3. The molecule has 0 N–H and O–H groups in total. The molecule has 2 bridgehead atoms. The molecule has 4 atom stereocenters. The molecule has 2 fully saturated rings. The molecular weight excluding hydrogens is 252 g/mol. The number of Topliss-reactive ketones (excluding diaryl/α,β-unsaturated/α-hetero) is 2. The largest absolute Gasteiger partial charge is 0.469 e. The lowest BCUT2D eigenvalue weighted by atomic mass is 9.55. The molecule has 20 heavy (non-hydrogen) atoms. The van der Waals surface area contributed by atoms with Gasteiger partial charge in [-0.15, -0.1) is 6.58 Å². The summed E-state index contributed by atoms with van der Waals surface area (Å²) in [6.07, 6.45) is 4.04. The summed E-state index contributed by atoms with van der Waals surface area (Å²) in [6.45, 7) is 9.89. The predicted molar refractivity (Wildman–Crippen MR) is 75.1 cm³/mol. The molecule has 1 aromatic rings. The van der Waals surface area contributed by atoms with Crippen LogP contribution in [0.2, 0.25) is 0 Å². The highest BCUT2D eigenvalue weighted by molar-refractivity contribution is 6.10. The van der Waals surface area contributed by atoms with Gasteiger partial charge in [-0.3, -0.25) is 9.59 Å². The molecule has 0 aromatic carbocycles. The van der Waals surface area contributed by atoms with E-state index < -0.39 is 11.3 Å². The SMILES string of the molecule is C=C[C@H]1C(C)(C)C(=O)[C@@H]2C[C@]1(C)[C@@H](c1ccco1)C2=O. The fourth-order valence-electron chi connectivity index (χ4n) is 4.62. The van der Waals surface area contributed by atoms with Crippen LogP contribution in [0, 0.1) is 22.7 Å². The second-order valence-corrected chi connectivity index (χ2v) is 6.91. The third kappa shape index (κ3) is 1.41. The molecule has 0 amide bonds. The Kier molecular flexibility index (Phi) is 2.63. The maximum absolute atomic E-state index is 12.7. The van der Waals surface area contributed by atoms with Crippen LogP contribution in [-0.2, 0) is 9.59 Å². The van der Waals surface area contributed by atoms with Crippen molar-refractivity contribution in [2.75, 3.05) is 0 Å². The Hall–Kier alpha value is -1.64. The molecule has 0 spiro atoms. The van der Waals surface area contributed by atoms with Gasteiger partial charge in [-0.05, 0) is 29.9 Å². The van der Waals surface area contributed by atoms with Crippen molar-refractivity contribution >= 4 is 11.6 Å². The molecule has 0 radical (unpaired) electrons. The van der Waals surface area contributed by atoms with Gasteiger partial charge in [-0.2, -0.15) is 0 Å². The molecule has 3 nitrogen and oxygen atoms in total. The van der Waals surface area contributed by atoms with E-state index in [9.17, 15) is 9.59 Å². The number of hydrogen-bond donors (Lipinski definition) is 0. The Morgan fingerprint density at radius 1 is 1.35 bits per heavy atom. The van der Waals surface area contributed by atoms with Crippen LogP contribution in [0.25, 0.3) is 0 Å². The zero-order valence-electron chi connectivity index (χ0n) is 12.2. The molecule has 2 aliphatic carbocycles. The van der Waals surface area contributed by atoms with Gasteiger partial charge >= 0.3 is 0 Å². The number of carbonyl (C=O) groups excluding carboxylic acids is 2. The second kappa shape index (κ2) is 3.94. The van der Waals surface area contributed by atoms with E-state index in [-0.39, 0.29) is 28.8 Å². The van der Waals surface area contributed by atoms with Gasteiger partial charge in [0.05, 0.1) is 18.1 Å². The average Bonchev–Trinajstić information content (AvgIpc) is 2.94. The van der Waals surface area contributed by atoms with Crippen molar-refractivity contribution in [3.8, 4) is 0 Å². The van der Waals surface area contributed by atoms with E-state index in [4.69, 9.17) is 4.42 Å². The summed E-state index contributed by atoms with van der Waals surface area (Å²) in [5.74, 6) is -0.0982. The number of carbonyl (C=O) groups is 2. The van der Waals surface area contributed by atoms with Crippen LogP contribution in [0.5, 0.6) is 0 Å². The fourth-order valence-corrected chi connectivity index (χ4v) is 4.62. The Labute approximate surface area is 119 Å². The topological polar surface area (TPSA) is 47.3 Å². The average molecular weight is 272 g/mol. The normalized spacial score (nSPS) is 39.0. The minimum Gasteiger partial charge on any atom is -0.469 e. The molecular formula is C17H20O3. The van der Waals surface area contributed by atoms with Crippen molar-refractivity contribution in [2.24, 2.45) is 22.7 Å². The lowest BCUT2D eigenvalue weighted by molar-refractivity contribution is -0.141. The lowest BCUT2D eigenvalue weighted by Crippen LogP contribution is -2.47. The van der Waals surface area contributed by atoms with E-state index in [1.165, 1.54) is 0 Å². The van der Waals surface area contributed by atoms with Crippen molar-refractivity contribution in [3.05, 3.63) is 36.8 Å². The summed E-state index contributed by atoms with van der Waals surface area (Å²) in [6, 6.07) is 3.64. The van der Waals surface area contributed by atoms with Crippen molar-refractivity contribution in [1.82, 2.24) is 0 Å². The highest BCUT2D eigenvalue weighted by Crippen LogP contribution is 2.63. The van der Waals surface area contributed by atoms with Crippen LogP contribution in [0.3, 0.4) is 0 Å². The van der Waals surface area contributed by atoms with Crippen molar-refractivity contribution in [2.45, 2.75) is 33.1 Å². The molecule has 0 unspecified atom stereocenters. The fraction of sp³-hybridized carbons (Fsp3) is 0.529. The summed E-state index contributed by atoms with van der Waals surface area (Å²) in [4.78, 5) is 25.4. The number of fused-ring (bicyclic) bond motifs is 2. The smallest absolute Gasteiger partial charge is 0.154 e. The minimum atomic E-state index is -0.545. The second-order valence-electron chi connectivity index (χ2n) is 6.91. The van der Waals surface area contributed by atoms with Gasteiger partial charge in [-0.1, -0.05) is 26.8 Å². The quantitative estimate of drug-likeness (QED) is 0.612. The molecule has 1 aromatic heterocycles. The van der Waals surface area contributed by atoms with Crippen molar-refractivity contribution < 1.29 is 14.0 Å². The monoisotopic (exact) mass is 272 g/mol. The van der Waals surface area contributed by atoms with Crippen LogP contribution in [-0.4, -0.2) is 11.6 Å². The Bertz CT molecular complexity index is 581. The van der Waals surface area contributed by atoms with Crippen LogP contribution >= 0.6 is 0 Å². The zero-order chi connectivity index (χ0) is 14.7. The lowest BCUT2D eigenvalue weighted by Gasteiger charge is -2.47. The van der Waals surface area contributed by atoms with Crippen molar-refractivity contribution in [1.29, 1.82) is 0 Å². The molecule has 0 aliphatic heterocycles. The first-order chi connectivity index (χ1) is 9.34. The molecule has 106 valence electrons. The molecule has 0 saturated heterocycles. The third-order valence-corrected chi connectivity index (χ3v) is 5.43. The van der Waals surface area contributed by atoms with E-state index in [2.05, 4.69) is 13.5 Å². The molecule has 2 saturated carbocycles. The molecule has 2 aliphatic rings. The maximum atomic E-state index is 12.7. The summed E-state index contributed by atoms with van der Waals surface area (Å²) in [7, 11) is 0. The Morgan fingerprint density at radius 2 is 2.05 bits per heavy atom. The summed E-state index contributed by atoms with van der Waals surface area (Å²) >= 11 is 0. The maximum Gasteiger partial charge on any atom is 0.154 e. The molecule has 1 heterocycles. The molecule has 3 rings (SSSR count). The number of furan rings is 1. The van der Waals surface area contributed by atoms with E-state index in [0.29, 0.717) is 12.2 Å². The van der Waals surface area contributed by atoms with Crippen LogP contribution in [0.1, 0.15) is 38.9 Å². The number of rotatable bonds is 2. The number of hydrogen-bond acceptors (Lipinski definition) is 3. The first-order valence-electron chi connectivity index (χ1n) is 7.08. The van der Waals surface area contributed by atoms with Crippen LogP contribution in [0.15, 0.2) is 35.5 Å². The van der Waals surface area contributed by atoms with Gasteiger partial charge in [0.2, 0.25) is 0 Å². The van der Waals surface area contributed by atoms with Gasteiger partial charge in [0.1, 0.15) is 11.5 Å². The van der Waals surface area contributed by atoms with Crippen molar-refractivity contribution in [3.63, 3.8) is 0 Å². The highest BCUT2D eigenvalue weighted by Gasteiger charge is 2.66. The summed E-state index contributed by atoms with van der Waals surface area (Å²) < 4.78 is 5.49. The van der Waals surface area contributed by atoms with E-state index in [1.807, 2.05) is 26.0 Å². The van der Waals surface area contributed by atoms with Gasteiger partial charge in [0, 0.05) is 5.41 Å². The number of allylic oxidation sites excluding steroid dienone is 1. The van der Waals surface area contributed by atoms with E-state index in [1.54, 1.807) is 12.3 Å². The standard InChI is InChI=1S/C17H20O3/c1-5-12-16(2,3)15(19)10-9-17(12,4)13(14(10)18)11-7-6-8-20-11/h5-8,10,12-13H,1,9H2,2-4H3/t10-,12+,13+,17+/m1/s1. The minimum absolute atomic E-state index is 0.0184. The third-order valence-electron chi connectivity index (χ3n) is 5.43. The van der Waals surface area contributed by atoms with Gasteiger partial charge in [0.25, 0.3) is 0 Å². The van der Waals surface area contributed by atoms with Gasteiger partial charge in [-0.25, -0.2) is 0 Å². The van der Waals surface area contributed by atoms with Crippen LogP contribution < -0.4 is 0 Å². The molecule has 3 heteroatoms. The Morgan fingerprint density at radius 3 is 2.60 bits per heavy atom. The summed E-state index contributed by atoms with van der Waals surface area (Å²) in [5.41, 5.74) is -0.838. The predicted octanol–water partition coefficient (Wildman–Crippen LogP) is 3.37. The Balaban J connectivity index is 2.19. The van der Waals surface area contributed by atoms with E-state index in [0.717, 1.165) is 0 Å². The van der Waals surface area contributed by atoms with Gasteiger partial charge in [0.15, 0.2) is 5.78 Å². The number of ketones is 2.